The molecule has 0 unspecified atom stereocenters. The number of rotatable bonds is 4. The number of hydrogen-bond acceptors (Lipinski definition) is 3. The highest BCUT2D eigenvalue weighted by Crippen LogP contribution is 2.09. The van der Waals surface area contributed by atoms with Crippen LogP contribution in [0.5, 0.6) is 0 Å². The SMILES string of the molecule is CC(C)COC(=O)N1CCCN(C(=O)/C=C/c2ccc(F)cc2)CC1. The molecular weight excluding hydrogens is 323 g/mol. The first-order valence-electron chi connectivity index (χ1n) is 8.60. The van der Waals surface area contributed by atoms with Crippen molar-refractivity contribution >= 4 is 18.1 Å². The summed E-state index contributed by atoms with van der Waals surface area (Å²) in [6.07, 6.45) is 3.55. The summed E-state index contributed by atoms with van der Waals surface area (Å²) in [4.78, 5) is 27.7. The van der Waals surface area contributed by atoms with E-state index in [0.29, 0.717) is 45.1 Å². The van der Waals surface area contributed by atoms with E-state index in [9.17, 15) is 14.0 Å². The monoisotopic (exact) mass is 348 g/mol. The lowest BCUT2D eigenvalue weighted by Gasteiger charge is -2.21. The molecule has 1 fully saturated rings. The van der Waals surface area contributed by atoms with Crippen LogP contribution < -0.4 is 0 Å². The van der Waals surface area contributed by atoms with E-state index in [1.807, 2.05) is 13.8 Å². The normalized spacial score (nSPS) is 15.5. The van der Waals surface area contributed by atoms with Crippen molar-refractivity contribution in [1.82, 2.24) is 9.80 Å². The van der Waals surface area contributed by atoms with Crippen molar-refractivity contribution in [2.24, 2.45) is 5.92 Å². The predicted molar refractivity (Wildman–Crippen MR) is 94.4 cm³/mol. The summed E-state index contributed by atoms with van der Waals surface area (Å²) in [6, 6.07) is 5.95. The quantitative estimate of drug-likeness (QED) is 0.786. The minimum atomic E-state index is -0.315. The van der Waals surface area contributed by atoms with Gasteiger partial charge in [0.2, 0.25) is 5.91 Å². The number of carbonyl (C=O) groups is 2. The van der Waals surface area contributed by atoms with Gasteiger partial charge in [-0.1, -0.05) is 26.0 Å². The van der Waals surface area contributed by atoms with Crippen molar-refractivity contribution < 1.29 is 18.7 Å². The molecule has 5 nitrogen and oxygen atoms in total. The van der Waals surface area contributed by atoms with E-state index in [0.717, 1.165) is 5.56 Å². The van der Waals surface area contributed by atoms with Crippen LogP contribution in [-0.4, -0.2) is 54.6 Å². The maximum Gasteiger partial charge on any atom is 0.409 e. The molecule has 0 radical (unpaired) electrons. The molecular formula is C19H25FN2O3. The minimum Gasteiger partial charge on any atom is -0.449 e. The van der Waals surface area contributed by atoms with Crippen LogP contribution in [0.1, 0.15) is 25.8 Å². The Balaban J connectivity index is 1.86. The second-order valence-electron chi connectivity index (χ2n) is 6.52. The molecule has 0 aromatic heterocycles. The average Bonchev–Trinajstić information content (AvgIpc) is 2.85. The van der Waals surface area contributed by atoms with Gasteiger partial charge in [0.25, 0.3) is 0 Å². The molecule has 136 valence electrons. The van der Waals surface area contributed by atoms with Crippen LogP contribution in [-0.2, 0) is 9.53 Å². The van der Waals surface area contributed by atoms with Crippen LogP contribution in [0.4, 0.5) is 9.18 Å². The zero-order chi connectivity index (χ0) is 18.2. The van der Waals surface area contributed by atoms with Crippen molar-refractivity contribution in [3.05, 3.63) is 41.7 Å². The summed E-state index contributed by atoms with van der Waals surface area (Å²) in [5.74, 6) is -0.118. The predicted octanol–water partition coefficient (Wildman–Crippen LogP) is 3.17. The van der Waals surface area contributed by atoms with Crippen LogP contribution in [0.25, 0.3) is 6.08 Å². The maximum absolute atomic E-state index is 12.9. The van der Waals surface area contributed by atoms with Gasteiger partial charge in [-0.3, -0.25) is 4.79 Å². The van der Waals surface area contributed by atoms with Crippen LogP contribution in [0, 0.1) is 11.7 Å². The number of hydrogen-bond donors (Lipinski definition) is 0. The second kappa shape index (κ2) is 9.20. The molecule has 1 aliphatic heterocycles. The molecule has 1 aromatic carbocycles. The summed E-state index contributed by atoms with van der Waals surface area (Å²) in [6.45, 7) is 6.50. The van der Waals surface area contributed by atoms with E-state index in [-0.39, 0.29) is 17.8 Å². The Hall–Kier alpha value is -2.37. The molecule has 25 heavy (non-hydrogen) atoms. The summed E-state index contributed by atoms with van der Waals surface area (Å²) >= 11 is 0. The van der Waals surface area contributed by atoms with Gasteiger partial charge in [-0.05, 0) is 36.1 Å². The maximum atomic E-state index is 12.9. The molecule has 0 aliphatic carbocycles. The van der Waals surface area contributed by atoms with Crippen molar-refractivity contribution in [3.8, 4) is 0 Å². The summed E-state index contributed by atoms with van der Waals surface area (Å²) in [7, 11) is 0. The van der Waals surface area contributed by atoms with Gasteiger partial charge in [-0.2, -0.15) is 0 Å². The van der Waals surface area contributed by atoms with Gasteiger partial charge in [-0.25, -0.2) is 9.18 Å². The number of nitrogens with zero attached hydrogens (tertiary/aromatic N) is 2. The Morgan fingerprint density at radius 2 is 1.76 bits per heavy atom. The highest BCUT2D eigenvalue weighted by molar-refractivity contribution is 5.91. The third-order valence-corrected chi connectivity index (χ3v) is 3.89. The number of halogens is 1. The van der Waals surface area contributed by atoms with Crippen LogP contribution in [0.2, 0.25) is 0 Å². The topological polar surface area (TPSA) is 49.9 Å². The minimum absolute atomic E-state index is 0.110. The molecule has 0 N–H and O–H groups in total. The number of carbonyl (C=O) groups excluding carboxylic acids is 2. The molecule has 1 heterocycles. The van der Waals surface area contributed by atoms with E-state index in [4.69, 9.17) is 4.74 Å². The van der Waals surface area contributed by atoms with Crippen molar-refractivity contribution in [2.45, 2.75) is 20.3 Å². The van der Waals surface area contributed by atoms with E-state index >= 15 is 0 Å². The van der Waals surface area contributed by atoms with Crippen LogP contribution in [0.15, 0.2) is 30.3 Å². The smallest absolute Gasteiger partial charge is 0.409 e. The van der Waals surface area contributed by atoms with E-state index < -0.39 is 0 Å². The fourth-order valence-corrected chi connectivity index (χ4v) is 2.50. The Labute approximate surface area is 148 Å². The fraction of sp³-hybridized carbons (Fsp3) is 0.474. The van der Waals surface area contributed by atoms with Crippen molar-refractivity contribution in [2.75, 3.05) is 32.8 Å². The van der Waals surface area contributed by atoms with E-state index in [1.54, 1.807) is 28.0 Å². The number of amides is 2. The molecule has 2 amide bonds. The first-order chi connectivity index (χ1) is 12.0. The molecule has 6 heteroatoms. The third-order valence-electron chi connectivity index (χ3n) is 3.89. The summed E-state index contributed by atoms with van der Waals surface area (Å²) < 4.78 is 18.1. The fourth-order valence-electron chi connectivity index (χ4n) is 2.50. The van der Waals surface area contributed by atoms with E-state index in [1.165, 1.54) is 18.2 Å². The highest BCUT2D eigenvalue weighted by Gasteiger charge is 2.22. The molecule has 0 spiro atoms. The highest BCUT2D eigenvalue weighted by atomic mass is 19.1. The standard InChI is InChI=1S/C19H25FN2O3/c1-15(2)14-25-19(24)22-11-3-10-21(12-13-22)18(23)9-6-16-4-7-17(20)8-5-16/h4-9,15H,3,10-14H2,1-2H3/b9-6+. The van der Waals surface area contributed by atoms with Crippen LogP contribution >= 0.6 is 0 Å². The molecule has 2 rings (SSSR count). The Morgan fingerprint density at radius 3 is 2.44 bits per heavy atom. The number of ether oxygens (including phenoxy) is 1. The second-order valence-corrected chi connectivity index (χ2v) is 6.52. The Kier molecular flexibility index (Phi) is 6.98. The third kappa shape index (κ3) is 6.21. The molecule has 0 bridgehead atoms. The molecule has 1 aliphatic rings. The lowest BCUT2D eigenvalue weighted by Crippen LogP contribution is -2.37. The van der Waals surface area contributed by atoms with Gasteiger partial charge in [0, 0.05) is 32.3 Å². The van der Waals surface area contributed by atoms with Gasteiger partial charge in [-0.15, -0.1) is 0 Å². The Morgan fingerprint density at radius 1 is 1.12 bits per heavy atom. The summed E-state index contributed by atoms with van der Waals surface area (Å²) in [5, 5.41) is 0. The van der Waals surface area contributed by atoms with E-state index in [2.05, 4.69) is 0 Å². The average molecular weight is 348 g/mol. The van der Waals surface area contributed by atoms with Crippen molar-refractivity contribution in [3.63, 3.8) is 0 Å². The van der Waals surface area contributed by atoms with Gasteiger partial charge >= 0.3 is 6.09 Å². The summed E-state index contributed by atoms with van der Waals surface area (Å²) in [5.41, 5.74) is 0.767. The molecule has 1 aromatic rings. The van der Waals surface area contributed by atoms with Crippen LogP contribution in [0.3, 0.4) is 0 Å². The van der Waals surface area contributed by atoms with Gasteiger partial charge in [0.15, 0.2) is 0 Å². The zero-order valence-corrected chi connectivity index (χ0v) is 14.8. The first-order valence-corrected chi connectivity index (χ1v) is 8.60. The van der Waals surface area contributed by atoms with Gasteiger partial charge < -0.3 is 14.5 Å². The van der Waals surface area contributed by atoms with Gasteiger partial charge in [0.05, 0.1) is 6.61 Å². The lowest BCUT2D eigenvalue weighted by atomic mass is 10.2. The molecule has 0 saturated carbocycles. The van der Waals surface area contributed by atoms with Crippen molar-refractivity contribution in [1.29, 1.82) is 0 Å². The van der Waals surface area contributed by atoms with Gasteiger partial charge in [0.1, 0.15) is 5.82 Å². The number of benzene rings is 1. The zero-order valence-electron chi connectivity index (χ0n) is 14.8. The lowest BCUT2D eigenvalue weighted by molar-refractivity contribution is -0.125. The molecule has 1 saturated heterocycles. The largest absolute Gasteiger partial charge is 0.449 e. The Bertz CT molecular complexity index is 614. The molecule has 0 atom stereocenters. The first kappa shape index (κ1) is 19.0.